The zero-order chi connectivity index (χ0) is 18.4. The highest BCUT2D eigenvalue weighted by atomic mass is 16.1. The number of amides is 1. The molecule has 2 heterocycles. The van der Waals surface area contributed by atoms with E-state index in [1.807, 2.05) is 12.1 Å². The van der Waals surface area contributed by atoms with Crippen molar-refractivity contribution in [1.29, 1.82) is 0 Å². The fourth-order valence-electron chi connectivity index (χ4n) is 4.23. The van der Waals surface area contributed by atoms with Crippen LogP contribution in [0.25, 0.3) is 0 Å². The van der Waals surface area contributed by atoms with Crippen molar-refractivity contribution in [3.05, 3.63) is 35.4 Å². The molecule has 2 aliphatic rings. The molecule has 0 radical (unpaired) electrons. The van der Waals surface area contributed by atoms with Gasteiger partial charge in [0.1, 0.15) is 0 Å². The first-order chi connectivity index (χ1) is 12.6. The van der Waals surface area contributed by atoms with E-state index >= 15 is 0 Å². The Hall–Kier alpha value is -1.43. The lowest BCUT2D eigenvalue weighted by atomic mass is 9.93. The number of nitrogens with one attached hydrogen (secondary N) is 3. The van der Waals surface area contributed by atoms with Gasteiger partial charge in [-0.1, -0.05) is 25.0 Å². The number of rotatable bonds is 6. The van der Waals surface area contributed by atoms with Crippen LogP contribution in [0.4, 0.5) is 0 Å². The summed E-state index contributed by atoms with van der Waals surface area (Å²) in [5.74, 6) is 0.589. The van der Waals surface area contributed by atoms with Crippen molar-refractivity contribution in [1.82, 2.24) is 21.1 Å². The van der Waals surface area contributed by atoms with E-state index in [0.717, 1.165) is 25.1 Å². The average molecular weight is 359 g/mol. The molecule has 1 aromatic rings. The summed E-state index contributed by atoms with van der Waals surface area (Å²) in [6.45, 7) is 8.41. The van der Waals surface area contributed by atoms with Crippen molar-refractivity contribution in [3.63, 3.8) is 0 Å². The van der Waals surface area contributed by atoms with Crippen LogP contribution in [0.2, 0.25) is 0 Å². The van der Waals surface area contributed by atoms with Gasteiger partial charge in [0.25, 0.3) is 5.91 Å². The fourth-order valence-corrected chi connectivity index (χ4v) is 4.23. The Morgan fingerprint density at radius 1 is 1.12 bits per heavy atom. The molecule has 3 rings (SSSR count). The second-order valence-corrected chi connectivity index (χ2v) is 7.97. The Morgan fingerprint density at radius 2 is 1.81 bits per heavy atom. The van der Waals surface area contributed by atoms with E-state index in [1.165, 1.54) is 44.3 Å². The summed E-state index contributed by atoms with van der Waals surface area (Å²) >= 11 is 0. The lowest BCUT2D eigenvalue weighted by Gasteiger charge is -2.20. The SMILES string of the molecule is CC1NNC(C)C1CCNC(=O)c1cccc(CN2CCCCCC2)c1. The molecule has 1 amide bonds. The molecule has 2 aliphatic heterocycles. The molecule has 0 aromatic heterocycles. The van der Waals surface area contributed by atoms with E-state index in [2.05, 4.69) is 47.0 Å². The summed E-state index contributed by atoms with van der Waals surface area (Å²) in [6, 6.07) is 9.02. The fraction of sp³-hybridized carbons (Fsp3) is 0.667. The predicted molar refractivity (Wildman–Crippen MR) is 106 cm³/mol. The molecule has 0 saturated carbocycles. The molecular formula is C21H34N4O. The molecule has 2 atom stereocenters. The van der Waals surface area contributed by atoms with Gasteiger partial charge in [0, 0.05) is 30.7 Å². The Morgan fingerprint density at radius 3 is 2.50 bits per heavy atom. The quantitative estimate of drug-likeness (QED) is 0.732. The second kappa shape index (κ2) is 9.49. The van der Waals surface area contributed by atoms with E-state index in [9.17, 15) is 4.79 Å². The largest absolute Gasteiger partial charge is 0.352 e. The normalized spacial score (nSPS) is 27.2. The first-order valence-corrected chi connectivity index (χ1v) is 10.2. The number of hydrogen-bond acceptors (Lipinski definition) is 4. The average Bonchev–Trinajstić information content (AvgIpc) is 2.83. The van der Waals surface area contributed by atoms with Crippen molar-refractivity contribution in [2.75, 3.05) is 19.6 Å². The molecule has 5 nitrogen and oxygen atoms in total. The number of nitrogens with zero attached hydrogens (tertiary/aromatic N) is 1. The molecule has 2 fully saturated rings. The number of hydrazine groups is 1. The molecule has 144 valence electrons. The van der Waals surface area contributed by atoms with Crippen LogP contribution in [-0.2, 0) is 6.54 Å². The Bertz CT molecular complexity index is 573. The maximum atomic E-state index is 12.5. The van der Waals surface area contributed by atoms with Gasteiger partial charge in [0.05, 0.1) is 0 Å². The van der Waals surface area contributed by atoms with Gasteiger partial charge in [0.2, 0.25) is 0 Å². The predicted octanol–water partition coefficient (Wildman–Crippen LogP) is 2.68. The van der Waals surface area contributed by atoms with Crippen molar-refractivity contribution in [2.24, 2.45) is 5.92 Å². The minimum atomic E-state index is 0.0435. The maximum Gasteiger partial charge on any atom is 0.251 e. The van der Waals surface area contributed by atoms with E-state index in [1.54, 1.807) is 0 Å². The third-order valence-corrected chi connectivity index (χ3v) is 5.88. The minimum absolute atomic E-state index is 0.0435. The lowest BCUT2D eigenvalue weighted by molar-refractivity contribution is 0.0950. The number of carbonyl (C=O) groups excluding carboxylic acids is 1. The first-order valence-electron chi connectivity index (χ1n) is 10.2. The molecule has 26 heavy (non-hydrogen) atoms. The van der Waals surface area contributed by atoms with Gasteiger partial charge in [-0.05, 0) is 69.8 Å². The Labute approximate surface area is 157 Å². The van der Waals surface area contributed by atoms with E-state index < -0.39 is 0 Å². The molecular weight excluding hydrogens is 324 g/mol. The smallest absolute Gasteiger partial charge is 0.251 e. The van der Waals surface area contributed by atoms with Gasteiger partial charge in [-0.2, -0.15) is 0 Å². The van der Waals surface area contributed by atoms with Crippen LogP contribution in [-0.4, -0.2) is 42.5 Å². The molecule has 2 saturated heterocycles. The van der Waals surface area contributed by atoms with Crippen molar-refractivity contribution >= 4 is 5.91 Å². The van der Waals surface area contributed by atoms with E-state index in [0.29, 0.717) is 18.0 Å². The second-order valence-electron chi connectivity index (χ2n) is 7.97. The highest BCUT2D eigenvalue weighted by Gasteiger charge is 2.29. The van der Waals surface area contributed by atoms with E-state index in [-0.39, 0.29) is 5.91 Å². The lowest BCUT2D eigenvalue weighted by Crippen LogP contribution is -2.31. The molecule has 0 spiro atoms. The maximum absolute atomic E-state index is 12.5. The monoisotopic (exact) mass is 358 g/mol. The molecule has 5 heteroatoms. The van der Waals surface area contributed by atoms with Crippen molar-refractivity contribution < 1.29 is 4.79 Å². The molecule has 3 N–H and O–H groups in total. The topological polar surface area (TPSA) is 56.4 Å². The highest BCUT2D eigenvalue weighted by Crippen LogP contribution is 2.18. The molecule has 2 unspecified atom stereocenters. The first kappa shape index (κ1) is 19.3. The zero-order valence-electron chi connectivity index (χ0n) is 16.3. The third kappa shape index (κ3) is 5.29. The standard InChI is InChI=1S/C21H34N4O/c1-16-20(17(2)24-23-16)10-11-22-21(26)19-9-7-8-18(14-19)15-25-12-5-3-4-6-13-25/h7-9,14,16-17,20,23-24H,3-6,10-13,15H2,1-2H3,(H,22,26). The summed E-state index contributed by atoms with van der Waals surface area (Å²) in [5, 5.41) is 3.10. The third-order valence-electron chi connectivity index (χ3n) is 5.88. The van der Waals surface area contributed by atoms with Crippen LogP contribution >= 0.6 is 0 Å². The van der Waals surface area contributed by atoms with Gasteiger partial charge in [-0.3, -0.25) is 20.5 Å². The summed E-state index contributed by atoms with van der Waals surface area (Å²) in [7, 11) is 0. The van der Waals surface area contributed by atoms with Gasteiger partial charge in [0.15, 0.2) is 0 Å². The van der Waals surface area contributed by atoms with Crippen LogP contribution in [0, 0.1) is 5.92 Å². The van der Waals surface area contributed by atoms with Gasteiger partial charge in [-0.25, -0.2) is 0 Å². The van der Waals surface area contributed by atoms with Gasteiger partial charge >= 0.3 is 0 Å². The molecule has 1 aromatic carbocycles. The van der Waals surface area contributed by atoms with Crippen molar-refractivity contribution in [3.8, 4) is 0 Å². The number of carbonyl (C=O) groups is 1. The van der Waals surface area contributed by atoms with Gasteiger partial charge in [-0.15, -0.1) is 0 Å². The molecule has 0 aliphatic carbocycles. The van der Waals surface area contributed by atoms with Crippen LogP contribution in [0.5, 0.6) is 0 Å². The van der Waals surface area contributed by atoms with Crippen LogP contribution in [0.3, 0.4) is 0 Å². The Balaban J connectivity index is 1.49. The van der Waals surface area contributed by atoms with Crippen molar-refractivity contribution in [2.45, 2.75) is 64.6 Å². The van der Waals surface area contributed by atoms with E-state index in [4.69, 9.17) is 0 Å². The summed E-state index contributed by atoms with van der Waals surface area (Å²) < 4.78 is 0. The zero-order valence-corrected chi connectivity index (χ0v) is 16.3. The number of benzene rings is 1. The summed E-state index contributed by atoms with van der Waals surface area (Å²) in [4.78, 5) is 15.0. The molecule has 0 bridgehead atoms. The number of likely N-dealkylation sites (tertiary alicyclic amines) is 1. The number of hydrogen-bond donors (Lipinski definition) is 3. The van der Waals surface area contributed by atoms with Gasteiger partial charge < -0.3 is 5.32 Å². The highest BCUT2D eigenvalue weighted by molar-refractivity contribution is 5.94. The van der Waals surface area contributed by atoms with Crippen LogP contribution in [0.15, 0.2) is 24.3 Å². The van der Waals surface area contributed by atoms with Crippen LogP contribution < -0.4 is 16.2 Å². The van der Waals surface area contributed by atoms with Crippen LogP contribution in [0.1, 0.15) is 61.9 Å². The Kier molecular flexibility index (Phi) is 7.06. The minimum Gasteiger partial charge on any atom is -0.352 e. The summed E-state index contributed by atoms with van der Waals surface area (Å²) in [5.41, 5.74) is 8.57. The summed E-state index contributed by atoms with van der Waals surface area (Å²) in [6.07, 6.45) is 6.27.